The van der Waals surface area contributed by atoms with E-state index in [1.54, 1.807) is 6.92 Å². The fraction of sp³-hybridized carbons (Fsp3) is 0.478. The number of methoxy groups -OCH3 is 1. The minimum Gasteiger partial charge on any atom is -0.498 e. The average Bonchev–Trinajstić information content (AvgIpc) is 2.71. The van der Waals surface area contributed by atoms with Crippen LogP contribution in [0.3, 0.4) is 0 Å². The molecule has 0 saturated carbocycles. The van der Waals surface area contributed by atoms with Gasteiger partial charge in [0.25, 0.3) is 0 Å². The molecule has 0 fully saturated rings. The van der Waals surface area contributed by atoms with E-state index in [2.05, 4.69) is 18.7 Å². The number of aryl methyl sites for hydroxylation is 1. The predicted octanol–water partition coefficient (Wildman–Crippen LogP) is 6.17. The van der Waals surface area contributed by atoms with Crippen LogP contribution in [0.5, 0.6) is 0 Å². The highest BCUT2D eigenvalue weighted by Gasteiger charge is 2.26. The standard InChI is InChI=1S/C23H30F2O3/c1-5-6-7-18-8-10-19(11-9-18)15-28-17(3)27-14-16(2)20-12-13-21(26-4)23(25)22(20)24/h5,8-11,16-17H,1,6-7,12-15H2,2-4H3. The largest absolute Gasteiger partial charge is 0.498 e. The molecule has 1 aromatic carbocycles. The van der Waals surface area contributed by atoms with E-state index in [1.165, 1.54) is 12.7 Å². The minimum atomic E-state index is -0.892. The first-order valence-corrected chi connectivity index (χ1v) is 9.69. The summed E-state index contributed by atoms with van der Waals surface area (Å²) in [7, 11) is 1.35. The van der Waals surface area contributed by atoms with E-state index < -0.39 is 17.9 Å². The van der Waals surface area contributed by atoms with Gasteiger partial charge in [-0.05, 0) is 42.9 Å². The van der Waals surface area contributed by atoms with Gasteiger partial charge in [0.1, 0.15) is 5.76 Å². The van der Waals surface area contributed by atoms with Crippen molar-refractivity contribution >= 4 is 0 Å². The summed E-state index contributed by atoms with van der Waals surface area (Å²) in [5, 5.41) is 0. The van der Waals surface area contributed by atoms with Gasteiger partial charge in [0, 0.05) is 12.3 Å². The fourth-order valence-corrected chi connectivity index (χ4v) is 3.10. The van der Waals surface area contributed by atoms with Crippen molar-refractivity contribution in [2.24, 2.45) is 5.92 Å². The maximum Gasteiger partial charge on any atom is 0.196 e. The topological polar surface area (TPSA) is 27.7 Å². The van der Waals surface area contributed by atoms with Crippen LogP contribution in [0.25, 0.3) is 0 Å². The summed E-state index contributed by atoms with van der Waals surface area (Å²) in [6.07, 6.45) is 4.21. The highest BCUT2D eigenvalue weighted by atomic mass is 19.2. The van der Waals surface area contributed by atoms with Crippen molar-refractivity contribution in [3.05, 3.63) is 71.0 Å². The quantitative estimate of drug-likeness (QED) is 0.333. The molecule has 28 heavy (non-hydrogen) atoms. The smallest absolute Gasteiger partial charge is 0.196 e. The van der Waals surface area contributed by atoms with Crippen LogP contribution >= 0.6 is 0 Å². The average molecular weight is 392 g/mol. The Morgan fingerprint density at radius 1 is 1.04 bits per heavy atom. The third kappa shape index (κ3) is 6.28. The molecule has 0 aliphatic heterocycles. The molecule has 0 spiro atoms. The zero-order chi connectivity index (χ0) is 20.5. The van der Waals surface area contributed by atoms with Gasteiger partial charge >= 0.3 is 0 Å². The van der Waals surface area contributed by atoms with Crippen molar-refractivity contribution < 1.29 is 23.0 Å². The molecule has 0 bridgehead atoms. The summed E-state index contributed by atoms with van der Waals surface area (Å²) < 4.78 is 44.4. The Hall–Kier alpha value is -1.98. The summed E-state index contributed by atoms with van der Waals surface area (Å²) >= 11 is 0. The first kappa shape index (κ1) is 22.3. The van der Waals surface area contributed by atoms with E-state index in [9.17, 15) is 8.78 Å². The molecule has 0 saturated heterocycles. The third-order valence-corrected chi connectivity index (χ3v) is 4.91. The third-order valence-electron chi connectivity index (χ3n) is 4.91. The van der Waals surface area contributed by atoms with Crippen LogP contribution in [-0.4, -0.2) is 20.0 Å². The first-order valence-electron chi connectivity index (χ1n) is 9.69. The number of hydrogen-bond donors (Lipinski definition) is 0. The Bertz CT molecular complexity index is 707. The van der Waals surface area contributed by atoms with Gasteiger partial charge in [-0.15, -0.1) is 6.58 Å². The minimum absolute atomic E-state index is 0.0709. The molecule has 1 aliphatic carbocycles. The van der Waals surface area contributed by atoms with Crippen LogP contribution in [0.1, 0.15) is 44.2 Å². The van der Waals surface area contributed by atoms with Gasteiger partial charge in [-0.25, -0.2) is 8.78 Å². The molecule has 2 atom stereocenters. The van der Waals surface area contributed by atoms with Crippen molar-refractivity contribution in [2.45, 2.75) is 52.4 Å². The van der Waals surface area contributed by atoms with Gasteiger partial charge in [0.2, 0.25) is 0 Å². The Morgan fingerprint density at radius 2 is 1.71 bits per heavy atom. The monoisotopic (exact) mass is 392 g/mol. The van der Waals surface area contributed by atoms with Crippen LogP contribution < -0.4 is 0 Å². The molecule has 0 radical (unpaired) electrons. The summed E-state index contributed by atoms with van der Waals surface area (Å²) in [6, 6.07) is 8.26. The molecular formula is C23H30F2O3. The summed E-state index contributed by atoms with van der Waals surface area (Å²) in [6.45, 7) is 8.06. The molecular weight excluding hydrogens is 362 g/mol. The molecule has 2 rings (SSSR count). The zero-order valence-corrected chi connectivity index (χ0v) is 17.0. The highest BCUT2D eigenvalue weighted by Crippen LogP contribution is 2.36. The first-order chi connectivity index (χ1) is 13.5. The number of benzene rings is 1. The normalized spacial score (nSPS) is 16.9. The van der Waals surface area contributed by atoms with Gasteiger partial charge in [-0.3, -0.25) is 0 Å². The maximum absolute atomic E-state index is 14.2. The lowest BCUT2D eigenvalue weighted by atomic mass is 9.92. The van der Waals surface area contributed by atoms with E-state index in [4.69, 9.17) is 14.2 Å². The fourth-order valence-electron chi connectivity index (χ4n) is 3.10. The summed E-state index contributed by atoms with van der Waals surface area (Å²) in [5.41, 5.74) is 2.76. The SMILES string of the molecule is C=CCCc1ccc(COC(C)OCC(C)C2=C(F)C(F)=C(OC)CC2)cc1. The number of halogens is 2. The Labute approximate surface area is 166 Å². The number of hydrogen-bond acceptors (Lipinski definition) is 3. The lowest BCUT2D eigenvalue weighted by Crippen LogP contribution is -2.20. The molecule has 5 heteroatoms. The molecule has 154 valence electrons. The van der Waals surface area contributed by atoms with E-state index in [0.717, 1.165) is 18.4 Å². The second-order valence-electron chi connectivity index (χ2n) is 7.04. The van der Waals surface area contributed by atoms with E-state index in [0.29, 0.717) is 25.0 Å². The van der Waals surface area contributed by atoms with Crippen molar-refractivity contribution in [2.75, 3.05) is 13.7 Å². The van der Waals surface area contributed by atoms with Crippen molar-refractivity contribution in [3.63, 3.8) is 0 Å². The molecule has 2 unspecified atom stereocenters. The van der Waals surface area contributed by atoms with Gasteiger partial charge in [0.05, 0.1) is 20.3 Å². The summed E-state index contributed by atoms with van der Waals surface area (Å²) in [4.78, 5) is 0. The second-order valence-corrected chi connectivity index (χ2v) is 7.04. The molecule has 0 heterocycles. The van der Waals surface area contributed by atoms with Crippen LogP contribution in [-0.2, 0) is 27.2 Å². The lowest BCUT2D eigenvalue weighted by molar-refractivity contribution is -0.142. The zero-order valence-electron chi connectivity index (χ0n) is 17.0. The van der Waals surface area contributed by atoms with E-state index in [1.807, 2.05) is 25.1 Å². The molecule has 0 N–H and O–H groups in total. The summed E-state index contributed by atoms with van der Waals surface area (Å²) in [5.74, 6) is -1.87. The number of allylic oxidation sites excluding steroid dienone is 4. The second kappa shape index (κ2) is 11.1. The van der Waals surface area contributed by atoms with Gasteiger partial charge in [-0.1, -0.05) is 37.3 Å². The molecule has 0 amide bonds. The highest BCUT2D eigenvalue weighted by molar-refractivity contribution is 5.33. The molecule has 3 nitrogen and oxygen atoms in total. The van der Waals surface area contributed by atoms with Crippen LogP contribution in [0.15, 0.2) is 59.9 Å². The molecule has 1 aliphatic rings. The number of rotatable bonds is 11. The van der Waals surface area contributed by atoms with Crippen molar-refractivity contribution in [1.29, 1.82) is 0 Å². The Balaban J connectivity index is 1.79. The van der Waals surface area contributed by atoms with Crippen LogP contribution in [0.2, 0.25) is 0 Å². The van der Waals surface area contributed by atoms with Crippen LogP contribution in [0, 0.1) is 5.92 Å². The molecule has 1 aromatic rings. The van der Waals surface area contributed by atoms with Crippen molar-refractivity contribution in [3.8, 4) is 0 Å². The van der Waals surface area contributed by atoms with Gasteiger partial charge in [0.15, 0.2) is 17.9 Å². The lowest BCUT2D eigenvalue weighted by Gasteiger charge is -2.23. The van der Waals surface area contributed by atoms with Gasteiger partial charge < -0.3 is 14.2 Å². The van der Waals surface area contributed by atoms with Crippen LogP contribution in [0.4, 0.5) is 8.78 Å². The molecule has 0 aromatic heterocycles. The van der Waals surface area contributed by atoms with E-state index in [-0.39, 0.29) is 18.3 Å². The van der Waals surface area contributed by atoms with Gasteiger partial charge in [-0.2, -0.15) is 0 Å². The van der Waals surface area contributed by atoms with Crippen molar-refractivity contribution in [1.82, 2.24) is 0 Å². The Morgan fingerprint density at radius 3 is 2.36 bits per heavy atom. The maximum atomic E-state index is 14.2. The predicted molar refractivity (Wildman–Crippen MR) is 107 cm³/mol. The number of ether oxygens (including phenoxy) is 3. The Kier molecular flexibility index (Phi) is 8.87. The van der Waals surface area contributed by atoms with E-state index >= 15 is 0 Å².